The van der Waals surface area contributed by atoms with Gasteiger partial charge in [-0.05, 0) is 42.7 Å². The maximum absolute atomic E-state index is 13.7. The molecule has 1 aromatic rings. The van der Waals surface area contributed by atoms with Gasteiger partial charge in [0.1, 0.15) is 11.9 Å². The van der Waals surface area contributed by atoms with Crippen molar-refractivity contribution in [2.75, 3.05) is 19.8 Å². The molecule has 0 amide bonds. The number of epoxide rings is 1. The fourth-order valence-electron chi connectivity index (χ4n) is 2.30. The summed E-state index contributed by atoms with van der Waals surface area (Å²) >= 11 is 0. The lowest BCUT2D eigenvalue weighted by Crippen LogP contribution is -2.11. The van der Waals surface area contributed by atoms with Crippen LogP contribution in [0.25, 0.3) is 6.08 Å². The minimum absolute atomic E-state index is 0.154. The number of hydrogen-bond acceptors (Lipinski definition) is 4. The zero-order valence-electron chi connectivity index (χ0n) is 13.6. The molecule has 1 fully saturated rings. The van der Waals surface area contributed by atoms with E-state index in [9.17, 15) is 9.18 Å². The van der Waals surface area contributed by atoms with Gasteiger partial charge in [-0.25, -0.2) is 9.18 Å². The highest BCUT2D eigenvalue weighted by Gasteiger charge is 2.25. The lowest BCUT2D eigenvalue weighted by atomic mass is 9.98. The van der Waals surface area contributed by atoms with E-state index in [4.69, 9.17) is 14.2 Å². The maximum atomic E-state index is 13.7. The van der Waals surface area contributed by atoms with Gasteiger partial charge in [0.15, 0.2) is 0 Å². The van der Waals surface area contributed by atoms with Gasteiger partial charge < -0.3 is 14.2 Å². The average Bonchev–Trinajstić information content (AvgIpc) is 3.35. The summed E-state index contributed by atoms with van der Waals surface area (Å²) in [5.74, 6) is -0.734. The van der Waals surface area contributed by atoms with Gasteiger partial charge in [-0.1, -0.05) is 19.4 Å². The SMILES string of the molecule is CCC[C@@H](OCC1CO1)c1cc(F)ccc1/C=C/C(=O)OCC. The van der Waals surface area contributed by atoms with Crippen LogP contribution < -0.4 is 0 Å². The molecule has 0 spiro atoms. The summed E-state index contributed by atoms with van der Waals surface area (Å²) < 4.78 is 29.6. The average molecular weight is 322 g/mol. The van der Waals surface area contributed by atoms with Gasteiger partial charge in [0.25, 0.3) is 0 Å². The summed E-state index contributed by atoms with van der Waals surface area (Å²) in [5, 5.41) is 0. The first-order valence-electron chi connectivity index (χ1n) is 8.01. The number of halogens is 1. The van der Waals surface area contributed by atoms with Gasteiger partial charge in [0.05, 0.1) is 25.9 Å². The number of rotatable bonds is 9. The van der Waals surface area contributed by atoms with E-state index in [2.05, 4.69) is 6.92 Å². The molecule has 2 atom stereocenters. The Labute approximate surface area is 136 Å². The second-order valence-electron chi connectivity index (χ2n) is 5.42. The molecule has 0 aliphatic carbocycles. The number of carbonyl (C=O) groups is 1. The summed E-state index contributed by atoms with van der Waals surface area (Å²) in [6, 6.07) is 4.50. The van der Waals surface area contributed by atoms with Crippen LogP contribution in [0.15, 0.2) is 24.3 Å². The first-order valence-corrected chi connectivity index (χ1v) is 8.01. The monoisotopic (exact) mass is 322 g/mol. The van der Waals surface area contributed by atoms with E-state index in [1.165, 1.54) is 18.2 Å². The predicted molar refractivity (Wildman–Crippen MR) is 85.4 cm³/mol. The third kappa shape index (κ3) is 5.77. The molecule has 0 saturated carbocycles. The molecule has 126 valence electrons. The smallest absolute Gasteiger partial charge is 0.330 e. The number of hydrogen-bond donors (Lipinski definition) is 0. The second kappa shape index (κ2) is 8.79. The molecule has 2 rings (SSSR count). The van der Waals surface area contributed by atoms with E-state index < -0.39 is 5.97 Å². The highest BCUT2D eigenvalue weighted by atomic mass is 19.1. The molecule has 1 aliphatic rings. The van der Waals surface area contributed by atoms with Crippen LogP contribution in [-0.4, -0.2) is 31.9 Å². The van der Waals surface area contributed by atoms with Crippen molar-refractivity contribution in [3.63, 3.8) is 0 Å². The Hall–Kier alpha value is -1.72. The van der Waals surface area contributed by atoms with Gasteiger partial charge in [-0.15, -0.1) is 0 Å². The Balaban J connectivity index is 2.18. The highest BCUT2D eigenvalue weighted by molar-refractivity contribution is 5.87. The normalized spacial score (nSPS) is 18.1. The molecule has 1 aromatic carbocycles. The summed E-state index contributed by atoms with van der Waals surface area (Å²) in [4.78, 5) is 11.5. The fraction of sp³-hybridized carbons (Fsp3) is 0.500. The molecule has 0 bridgehead atoms. The standard InChI is InChI=1S/C18H23FO4/c1-3-5-17(23-12-15-11-22-15)16-10-14(19)8-6-13(16)7-9-18(20)21-4-2/h6-10,15,17H,3-5,11-12H2,1-2H3/b9-7+/t15?,17-/m1/s1. The number of benzene rings is 1. The van der Waals surface area contributed by atoms with Crippen LogP contribution in [0.1, 0.15) is 43.9 Å². The first kappa shape index (κ1) is 17.6. The molecule has 23 heavy (non-hydrogen) atoms. The van der Waals surface area contributed by atoms with E-state index in [-0.39, 0.29) is 18.0 Å². The van der Waals surface area contributed by atoms with Crippen LogP contribution in [0, 0.1) is 5.82 Å². The zero-order valence-corrected chi connectivity index (χ0v) is 13.6. The molecular weight excluding hydrogens is 299 g/mol. The Bertz CT molecular complexity index is 552. The van der Waals surface area contributed by atoms with Crippen molar-refractivity contribution in [3.8, 4) is 0 Å². The topological polar surface area (TPSA) is 48.1 Å². The maximum Gasteiger partial charge on any atom is 0.330 e. The van der Waals surface area contributed by atoms with Crippen molar-refractivity contribution < 1.29 is 23.4 Å². The van der Waals surface area contributed by atoms with Crippen LogP contribution in [0.4, 0.5) is 4.39 Å². The molecule has 0 aromatic heterocycles. The molecule has 5 heteroatoms. The van der Waals surface area contributed by atoms with Gasteiger partial charge in [-0.3, -0.25) is 0 Å². The molecule has 4 nitrogen and oxygen atoms in total. The van der Waals surface area contributed by atoms with Crippen LogP contribution in [0.2, 0.25) is 0 Å². The van der Waals surface area contributed by atoms with Crippen molar-refractivity contribution in [1.29, 1.82) is 0 Å². The first-order chi connectivity index (χ1) is 11.1. The lowest BCUT2D eigenvalue weighted by molar-refractivity contribution is -0.137. The van der Waals surface area contributed by atoms with Crippen molar-refractivity contribution in [2.24, 2.45) is 0 Å². The Morgan fingerprint density at radius 1 is 1.48 bits per heavy atom. The van der Waals surface area contributed by atoms with E-state index >= 15 is 0 Å². The minimum atomic E-state index is -0.415. The van der Waals surface area contributed by atoms with Crippen LogP contribution >= 0.6 is 0 Å². The van der Waals surface area contributed by atoms with Gasteiger partial charge >= 0.3 is 5.97 Å². The number of ether oxygens (including phenoxy) is 3. The summed E-state index contributed by atoms with van der Waals surface area (Å²) in [6.45, 7) is 5.35. The van der Waals surface area contributed by atoms with Gasteiger partial charge in [0, 0.05) is 6.08 Å². The van der Waals surface area contributed by atoms with E-state index in [1.54, 1.807) is 19.1 Å². The zero-order chi connectivity index (χ0) is 16.7. The Morgan fingerprint density at radius 2 is 2.26 bits per heavy atom. The summed E-state index contributed by atoms with van der Waals surface area (Å²) in [5.41, 5.74) is 1.50. The molecule has 1 unspecified atom stereocenters. The Morgan fingerprint density at radius 3 is 2.91 bits per heavy atom. The quantitative estimate of drug-likeness (QED) is 0.395. The third-order valence-electron chi connectivity index (χ3n) is 3.52. The molecule has 1 saturated heterocycles. The van der Waals surface area contributed by atoms with Crippen LogP contribution in [0.3, 0.4) is 0 Å². The molecule has 0 radical (unpaired) electrons. The Kier molecular flexibility index (Phi) is 6.74. The second-order valence-corrected chi connectivity index (χ2v) is 5.42. The third-order valence-corrected chi connectivity index (χ3v) is 3.52. The van der Waals surface area contributed by atoms with E-state index in [1.807, 2.05) is 0 Å². The molecule has 1 heterocycles. The summed E-state index contributed by atoms with van der Waals surface area (Å²) in [7, 11) is 0. The van der Waals surface area contributed by atoms with Gasteiger partial charge in [-0.2, -0.15) is 0 Å². The van der Waals surface area contributed by atoms with Crippen molar-refractivity contribution in [3.05, 3.63) is 41.2 Å². The van der Waals surface area contributed by atoms with Crippen LogP contribution in [-0.2, 0) is 19.0 Å². The molecule has 0 N–H and O–H groups in total. The molecular formula is C18H23FO4. The van der Waals surface area contributed by atoms with Crippen molar-refractivity contribution in [2.45, 2.75) is 38.9 Å². The minimum Gasteiger partial charge on any atom is -0.463 e. The number of carbonyl (C=O) groups excluding carboxylic acids is 1. The van der Waals surface area contributed by atoms with Gasteiger partial charge in [0.2, 0.25) is 0 Å². The van der Waals surface area contributed by atoms with E-state index in [0.29, 0.717) is 13.2 Å². The van der Waals surface area contributed by atoms with E-state index in [0.717, 1.165) is 30.6 Å². The predicted octanol–water partition coefficient (Wildman–Crippen LogP) is 3.66. The lowest BCUT2D eigenvalue weighted by Gasteiger charge is -2.19. The summed E-state index contributed by atoms with van der Waals surface area (Å²) in [6.07, 6.45) is 4.62. The fourth-order valence-corrected chi connectivity index (χ4v) is 2.30. The molecule has 1 aliphatic heterocycles. The van der Waals surface area contributed by atoms with Crippen LogP contribution in [0.5, 0.6) is 0 Å². The van der Waals surface area contributed by atoms with Crippen molar-refractivity contribution in [1.82, 2.24) is 0 Å². The largest absolute Gasteiger partial charge is 0.463 e. The number of esters is 1. The van der Waals surface area contributed by atoms with Crippen molar-refractivity contribution >= 4 is 12.0 Å². The highest BCUT2D eigenvalue weighted by Crippen LogP contribution is 2.29.